The van der Waals surface area contributed by atoms with Crippen LogP contribution in [0.2, 0.25) is 0 Å². The zero-order valence-electron chi connectivity index (χ0n) is 9.76. The number of aliphatic hydroxyl groups excluding tert-OH is 1. The van der Waals surface area contributed by atoms with Crippen molar-refractivity contribution in [2.75, 3.05) is 31.1 Å². The van der Waals surface area contributed by atoms with E-state index in [-0.39, 0.29) is 12.6 Å². The van der Waals surface area contributed by atoms with Crippen LogP contribution in [0.3, 0.4) is 0 Å². The molecular weight excluding hydrogens is 214 g/mol. The molecule has 1 aromatic rings. The molecule has 1 saturated heterocycles. The van der Waals surface area contributed by atoms with Gasteiger partial charge in [-0.2, -0.15) is 5.26 Å². The largest absolute Gasteiger partial charge is 0.394 e. The lowest BCUT2D eigenvalue weighted by atomic mass is 10.1. The summed E-state index contributed by atoms with van der Waals surface area (Å²) in [6, 6.07) is 9.81. The first-order valence-corrected chi connectivity index (χ1v) is 5.93. The fourth-order valence-corrected chi connectivity index (χ4v) is 2.19. The molecule has 4 heteroatoms. The van der Waals surface area contributed by atoms with E-state index in [2.05, 4.69) is 16.3 Å². The van der Waals surface area contributed by atoms with Crippen LogP contribution in [0.1, 0.15) is 12.0 Å². The Morgan fingerprint density at radius 3 is 3.18 bits per heavy atom. The quantitative estimate of drug-likeness (QED) is 0.787. The lowest BCUT2D eigenvalue weighted by Gasteiger charge is -2.30. The van der Waals surface area contributed by atoms with Crippen LogP contribution < -0.4 is 10.2 Å². The molecule has 2 rings (SSSR count). The van der Waals surface area contributed by atoms with Crippen LogP contribution in [0.5, 0.6) is 0 Å². The minimum Gasteiger partial charge on any atom is -0.394 e. The van der Waals surface area contributed by atoms with Gasteiger partial charge in [0.25, 0.3) is 0 Å². The Bertz CT molecular complexity index is 413. The maximum atomic E-state index is 9.43. The summed E-state index contributed by atoms with van der Waals surface area (Å²) >= 11 is 0. The first-order chi connectivity index (χ1) is 8.35. The van der Waals surface area contributed by atoms with Gasteiger partial charge in [-0.15, -0.1) is 0 Å². The van der Waals surface area contributed by atoms with Crippen LogP contribution in [0.25, 0.3) is 0 Å². The summed E-state index contributed by atoms with van der Waals surface area (Å²) in [6.07, 6.45) is 1.05. The van der Waals surface area contributed by atoms with Crippen molar-refractivity contribution in [2.24, 2.45) is 0 Å². The molecule has 1 heterocycles. The van der Waals surface area contributed by atoms with Crippen molar-refractivity contribution >= 4 is 5.69 Å². The van der Waals surface area contributed by atoms with Crippen molar-refractivity contribution in [1.82, 2.24) is 5.32 Å². The molecule has 0 saturated carbocycles. The van der Waals surface area contributed by atoms with Gasteiger partial charge >= 0.3 is 0 Å². The number of benzene rings is 1. The molecule has 0 spiro atoms. The fraction of sp³-hybridized carbons (Fsp3) is 0.462. The lowest BCUT2D eigenvalue weighted by molar-refractivity contribution is 0.260. The van der Waals surface area contributed by atoms with Gasteiger partial charge in [-0.1, -0.05) is 6.07 Å². The standard InChI is InChI=1S/C13H17N3O/c14-8-11-3-1-4-12(7-11)16-6-2-5-15-9-13(16)10-17/h1,3-4,7,13,15,17H,2,5-6,9-10H2. The summed E-state index contributed by atoms with van der Waals surface area (Å²) in [7, 11) is 0. The second-order valence-electron chi connectivity index (χ2n) is 4.25. The topological polar surface area (TPSA) is 59.3 Å². The van der Waals surface area contributed by atoms with Gasteiger partial charge in [0.2, 0.25) is 0 Å². The van der Waals surface area contributed by atoms with Crippen LogP contribution in [-0.4, -0.2) is 37.4 Å². The molecule has 4 nitrogen and oxygen atoms in total. The number of hydrogen-bond acceptors (Lipinski definition) is 4. The van der Waals surface area contributed by atoms with E-state index < -0.39 is 0 Å². The molecule has 1 atom stereocenters. The average Bonchev–Trinajstić information content (AvgIpc) is 2.63. The second kappa shape index (κ2) is 5.67. The summed E-state index contributed by atoms with van der Waals surface area (Å²) in [6.45, 7) is 2.80. The zero-order valence-corrected chi connectivity index (χ0v) is 9.76. The first kappa shape index (κ1) is 11.9. The molecule has 1 unspecified atom stereocenters. The van der Waals surface area contributed by atoms with Crippen LogP contribution in [0.4, 0.5) is 5.69 Å². The number of hydrogen-bond donors (Lipinski definition) is 2. The van der Waals surface area contributed by atoms with E-state index in [1.807, 2.05) is 18.2 Å². The maximum Gasteiger partial charge on any atom is 0.0992 e. The van der Waals surface area contributed by atoms with Crippen LogP contribution in [0.15, 0.2) is 24.3 Å². The molecule has 0 bridgehead atoms. The smallest absolute Gasteiger partial charge is 0.0992 e. The lowest BCUT2D eigenvalue weighted by Crippen LogP contribution is -2.42. The SMILES string of the molecule is N#Cc1cccc(N2CCCNCC2CO)c1. The van der Waals surface area contributed by atoms with E-state index in [1.165, 1.54) is 0 Å². The third kappa shape index (κ3) is 2.76. The van der Waals surface area contributed by atoms with Gasteiger partial charge < -0.3 is 15.3 Å². The van der Waals surface area contributed by atoms with Gasteiger partial charge in [0.05, 0.1) is 24.3 Å². The summed E-state index contributed by atoms with van der Waals surface area (Å²) in [5.41, 5.74) is 1.68. The van der Waals surface area contributed by atoms with E-state index in [0.29, 0.717) is 5.56 Å². The molecule has 17 heavy (non-hydrogen) atoms. The van der Waals surface area contributed by atoms with Gasteiger partial charge in [0.15, 0.2) is 0 Å². The van der Waals surface area contributed by atoms with Crippen molar-refractivity contribution in [1.29, 1.82) is 5.26 Å². The Morgan fingerprint density at radius 1 is 1.53 bits per heavy atom. The fourth-order valence-electron chi connectivity index (χ4n) is 2.19. The molecule has 2 N–H and O–H groups in total. The molecule has 0 aliphatic carbocycles. The van der Waals surface area contributed by atoms with Crippen LogP contribution in [0, 0.1) is 11.3 Å². The van der Waals surface area contributed by atoms with Crippen LogP contribution in [-0.2, 0) is 0 Å². The summed E-state index contributed by atoms with van der Waals surface area (Å²) in [5.74, 6) is 0. The molecule has 1 aliphatic rings. The molecular formula is C13H17N3O. The molecule has 1 aliphatic heterocycles. The molecule has 90 valence electrons. The van der Waals surface area contributed by atoms with Gasteiger partial charge in [-0.3, -0.25) is 0 Å². The molecule has 1 fully saturated rings. The summed E-state index contributed by atoms with van der Waals surface area (Å²) in [5, 5.41) is 21.6. The van der Waals surface area contributed by atoms with E-state index in [9.17, 15) is 5.11 Å². The highest BCUT2D eigenvalue weighted by atomic mass is 16.3. The number of aliphatic hydroxyl groups is 1. The van der Waals surface area contributed by atoms with Gasteiger partial charge in [0.1, 0.15) is 0 Å². The Morgan fingerprint density at radius 2 is 2.41 bits per heavy atom. The molecule has 1 aromatic carbocycles. The Kier molecular flexibility index (Phi) is 3.97. The second-order valence-corrected chi connectivity index (χ2v) is 4.25. The molecule has 0 amide bonds. The molecule has 0 aromatic heterocycles. The highest BCUT2D eigenvalue weighted by Gasteiger charge is 2.20. The van der Waals surface area contributed by atoms with E-state index >= 15 is 0 Å². The average molecular weight is 231 g/mol. The Balaban J connectivity index is 2.25. The third-order valence-electron chi connectivity index (χ3n) is 3.09. The first-order valence-electron chi connectivity index (χ1n) is 5.93. The minimum absolute atomic E-state index is 0.0893. The zero-order chi connectivity index (χ0) is 12.1. The number of nitrogens with one attached hydrogen (secondary N) is 1. The summed E-state index contributed by atoms with van der Waals surface area (Å²) in [4.78, 5) is 2.18. The predicted octanol–water partition coefficient (Wildman–Crippen LogP) is 0.719. The van der Waals surface area contributed by atoms with Gasteiger partial charge in [-0.25, -0.2) is 0 Å². The van der Waals surface area contributed by atoms with Gasteiger partial charge in [0, 0.05) is 18.8 Å². The van der Waals surface area contributed by atoms with Crippen molar-refractivity contribution in [2.45, 2.75) is 12.5 Å². The highest BCUT2D eigenvalue weighted by molar-refractivity contribution is 5.52. The third-order valence-corrected chi connectivity index (χ3v) is 3.09. The number of nitriles is 1. The van der Waals surface area contributed by atoms with Crippen molar-refractivity contribution < 1.29 is 5.11 Å². The number of nitrogens with zero attached hydrogens (tertiary/aromatic N) is 2. The minimum atomic E-state index is 0.0893. The van der Waals surface area contributed by atoms with Crippen molar-refractivity contribution in [3.05, 3.63) is 29.8 Å². The monoisotopic (exact) mass is 231 g/mol. The highest BCUT2D eigenvalue weighted by Crippen LogP contribution is 2.19. The van der Waals surface area contributed by atoms with E-state index in [4.69, 9.17) is 5.26 Å². The van der Waals surface area contributed by atoms with E-state index in [1.54, 1.807) is 6.07 Å². The van der Waals surface area contributed by atoms with Crippen LogP contribution >= 0.6 is 0 Å². The van der Waals surface area contributed by atoms with Gasteiger partial charge in [-0.05, 0) is 31.2 Å². The van der Waals surface area contributed by atoms with Crippen molar-refractivity contribution in [3.63, 3.8) is 0 Å². The normalized spacial score (nSPS) is 20.7. The predicted molar refractivity (Wildman–Crippen MR) is 66.9 cm³/mol. The summed E-state index contributed by atoms with van der Waals surface area (Å²) < 4.78 is 0. The molecule has 0 radical (unpaired) electrons. The number of anilines is 1. The maximum absolute atomic E-state index is 9.43. The Labute approximate surface area is 101 Å². The number of rotatable bonds is 2. The van der Waals surface area contributed by atoms with Crippen molar-refractivity contribution in [3.8, 4) is 6.07 Å². The Hall–Kier alpha value is -1.57. The van der Waals surface area contributed by atoms with E-state index in [0.717, 1.165) is 31.7 Å².